The van der Waals surface area contributed by atoms with E-state index < -0.39 is 0 Å². The fourth-order valence-corrected chi connectivity index (χ4v) is 2.41. The Labute approximate surface area is 111 Å². The molecule has 104 valence electrons. The summed E-state index contributed by atoms with van der Waals surface area (Å²) >= 11 is 0. The standard InChI is InChI=1S/C14H27N3O/c1-11-13(9-16(6)10-14(3,4)5)12(2)17(15-11)7-8-18/h18H,7-10H2,1-6H3. The topological polar surface area (TPSA) is 41.3 Å². The summed E-state index contributed by atoms with van der Waals surface area (Å²) < 4.78 is 1.90. The van der Waals surface area contributed by atoms with Crippen molar-refractivity contribution in [2.75, 3.05) is 20.2 Å². The van der Waals surface area contributed by atoms with Gasteiger partial charge < -0.3 is 10.0 Å². The average molecular weight is 253 g/mol. The van der Waals surface area contributed by atoms with E-state index >= 15 is 0 Å². The fraction of sp³-hybridized carbons (Fsp3) is 0.786. The highest BCUT2D eigenvalue weighted by atomic mass is 16.3. The number of aliphatic hydroxyl groups is 1. The van der Waals surface area contributed by atoms with Gasteiger partial charge in [0.2, 0.25) is 0 Å². The van der Waals surface area contributed by atoms with E-state index in [2.05, 4.69) is 44.7 Å². The first-order valence-electron chi connectivity index (χ1n) is 6.57. The van der Waals surface area contributed by atoms with Crippen molar-refractivity contribution in [3.8, 4) is 0 Å². The van der Waals surface area contributed by atoms with Crippen LogP contribution in [0.5, 0.6) is 0 Å². The SMILES string of the molecule is Cc1nn(CCO)c(C)c1CN(C)CC(C)(C)C. The molecule has 0 atom stereocenters. The van der Waals surface area contributed by atoms with Gasteiger partial charge in [-0.2, -0.15) is 5.10 Å². The van der Waals surface area contributed by atoms with Crippen LogP contribution in [0.4, 0.5) is 0 Å². The van der Waals surface area contributed by atoms with Gasteiger partial charge in [-0.3, -0.25) is 4.68 Å². The molecule has 0 spiro atoms. The summed E-state index contributed by atoms with van der Waals surface area (Å²) in [6, 6.07) is 0. The van der Waals surface area contributed by atoms with E-state index in [-0.39, 0.29) is 6.61 Å². The van der Waals surface area contributed by atoms with Gasteiger partial charge in [-0.25, -0.2) is 0 Å². The highest BCUT2D eigenvalue weighted by Crippen LogP contribution is 2.19. The van der Waals surface area contributed by atoms with Crippen molar-refractivity contribution in [2.24, 2.45) is 5.41 Å². The van der Waals surface area contributed by atoms with Crippen molar-refractivity contribution in [2.45, 2.75) is 47.7 Å². The van der Waals surface area contributed by atoms with Gasteiger partial charge in [-0.05, 0) is 26.3 Å². The summed E-state index contributed by atoms with van der Waals surface area (Å²) in [5, 5.41) is 13.5. The normalized spacial score (nSPS) is 12.4. The third-order valence-corrected chi connectivity index (χ3v) is 3.02. The zero-order chi connectivity index (χ0) is 13.9. The second-order valence-electron chi connectivity index (χ2n) is 6.33. The predicted molar refractivity (Wildman–Crippen MR) is 74.6 cm³/mol. The van der Waals surface area contributed by atoms with Crippen LogP contribution in [0.1, 0.15) is 37.7 Å². The highest BCUT2D eigenvalue weighted by Gasteiger charge is 2.17. The van der Waals surface area contributed by atoms with Gasteiger partial charge in [0.05, 0.1) is 18.8 Å². The molecule has 0 saturated carbocycles. The molecule has 4 heteroatoms. The summed E-state index contributed by atoms with van der Waals surface area (Å²) in [5.74, 6) is 0. The largest absolute Gasteiger partial charge is 0.394 e. The van der Waals surface area contributed by atoms with E-state index in [0.717, 1.165) is 18.8 Å². The van der Waals surface area contributed by atoms with E-state index in [1.807, 2.05) is 11.6 Å². The molecule has 0 aliphatic carbocycles. The van der Waals surface area contributed by atoms with E-state index in [0.29, 0.717) is 12.0 Å². The average Bonchev–Trinajstić information content (AvgIpc) is 2.44. The van der Waals surface area contributed by atoms with Crippen molar-refractivity contribution in [1.29, 1.82) is 0 Å². The van der Waals surface area contributed by atoms with Crippen LogP contribution in [0.15, 0.2) is 0 Å². The monoisotopic (exact) mass is 253 g/mol. The molecule has 0 bridgehead atoms. The van der Waals surface area contributed by atoms with E-state index in [1.165, 1.54) is 11.3 Å². The van der Waals surface area contributed by atoms with E-state index in [4.69, 9.17) is 5.11 Å². The molecular formula is C14H27N3O. The Balaban J connectivity index is 2.78. The maximum absolute atomic E-state index is 9.01. The number of rotatable bonds is 5. The first-order valence-corrected chi connectivity index (χ1v) is 6.57. The minimum Gasteiger partial charge on any atom is -0.394 e. The minimum atomic E-state index is 0.138. The molecule has 0 fully saturated rings. The lowest BCUT2D eigenvalue weighted by Gasteiger charge is -2.26. The van der Waals surface area contributed by atoms with Gasteiger partial charge in [0.1, 0.15) is 0 Å². The molecule has 0 amide bonds. The van der Waals surface area contributed by atoms with Crippen LogP contribution in [0, 0.1) is 19.3 Å². The Bertz CT molecular complexity index is 390. The molecule has 1 aromatic heterocycles. The van der Waals surface area contributed by atoms with Crippen LogP contribution in [0.25, 0.3) is 0 Å². The van der Waals surface area contributed by atoms with E-state index in [1.54, 1.807) is 0 Å². The van der Waals surface area contributed by atoms with Gasteiger partial charge in [-0.15, -0.1) is 0 Å². The van der Waals surface area contributed by atoms with Crippen LogP contribution in [0.2, 0.25) is 0 Å². The van der Waals surface area contributed by atoms with Crippen molar-refractivity contribution in [1.82, 2.24) is 14.7 Å². The van der Waals surface area contributed by atoms with Crippen molar-refractivity contribution >= 4 is 0 Å². The summed E-state index contributed by atoms with van der Waals surface area (Å²) in [6.07, 6.45) is 0. The Morgan fingerprint density at radius 1 is 1.28 bits per heavy atom. The molecular weight excluding hydrogens is 226 g/mol. The lowest BCUT2D eigenvalue weighted by molar-refractivity contribution is 0.220. The van der Waals surface area contributed by atoms with Gasteiger partial charge >= 0.3 is 0 Å². The van der Waals surface area contributed by atoms with Crippen molar-refractivity contribution < 1.29 is 5.11 Å². The lowest BCUT2D eigenvalue weighted by atomic mass is 9.96. The number of hydrogen-bond acceptors (Lipinski definition) is 3. The molecule has 0 saturated heterocycles. The molecule has 1 rings (SSSR count). The number of hydrogen-bond donors (Lipinski definition) is 1. The number of aromatic nitrogens is 2. The third-order valence-electron chi connectivity index (χ3n) is 3.02. The molecule has 0 aromatic carbocycles. The molecule has 1 N–H and O–H groups in total. The first-order chi connectivity index (χ1) is 8.24. The predicted octanol–water partition coefficient (Wildman–Crippen LogP) is 1.97. The van der Waals surface area contributed by atoms with Crippen LogP contribution in [-0.4, -0.2) is 40.0 Å². The van der Waals surface area contributed by atoms with Crippen molar-refractivity contribution in [3.05, 3.63) is 17.0 Å². The first kappa shape index (κ1) is 15.2. The molecule has 0 unspecified atom stereocenters. The zero-order valence-electron chi connectivity index (χ0n) is 12.6. The Morgan fingerprint density at radius 2 is 1.89 bits per heavy atom. The second-order valence-corrected chi connectivity index (χ2v) is 6.33. The highest BCUT2D eigenvalue weighted by molar-refractivity contribution is 5.24. The molecule has 0 aliphatic heterocycles. The smallest absolute Gasteiger partial charge is 0.0644 e. The maximum Gasteiger partial charge on any atom is 0.0644 e. The molecule has 1 aromatic rings. The molecule has 18 heavy (non-hydrogen) atoms. The third kappa shape index (κ3) is 4.10. The van der Waals surface area contributed by atoms with Crippen molar-refractivity contribution in [3.63, 3.8) is 0 Å². The summed E-state index contributed by atoms with van der Waals surface area (Å²) in [4.78, 5) is 2.33. The molecule has 0 radical (unpaired) electrons. The number of aryl methyl sites for hydroxylation is 1. The number of nitrogens with zero attached hydrogens (tertiary/aromatic N) is 3. The van der Waals surface area contributed by atoms with Crippen LogP contribution < -0.4 is 0 Å². The molecule has 1 heterocycles. The van der Waals surface area contributed by atoms with Gasteiger partial charge in [0.25, 0.3) is 0 Å². The molecule has 0 aliphatic rings. The van der Waals surface area contributed by atoms with Crippen LogP contribution in [0.3, 0.4) is 0 Å². The zero-order valence-corrected chi connectivity index (χ0v) is 12.6. The molecule has 4 nitrogen and oxygen atoms in total. The number of aliphatic hydroxyl groups excluding tert-OH is 1. The van der Waals surface area contributed by atoms with E-state index in [9.17, 15) is 0 Å². The Morgan fingerprint density at radius 3 is 2.39 bits per heavy atom. The quantitative estimate of drug-likeness (QED) is 0.872. The lowest BCUT2D eigenvalue weighted by Crippen LogP contribution is -2.29. The summed E-state index contributed by atoms with van der Waals surface area (Å²) in [6.45, 7) is 13.6. The second kappa shape index (κ2) is 5.85. The van der Waals surface area contributed by atoms with Crippen LogP contribution in [-0.2, 0) is 13.1 Å². The van der Waals surface area contributed by atoms with Gasteiger partial charge in [0, 0.05) is 24.3 Å². The minimum absolute atomic E-state index is 0.138. The Hall–Kier alpha value is -0.870. The van der Waals surface area contributed by atoms with Crippen LogP contribution >= 0.6 is 0 Å². The van der Waals surface area contributed by atoms with Gasteiger partial charge in [-0.1, -0.05) is 20.8 Å². The van der Waals surface area contributed by atoms with Gasteiger partial charge in [0.15, 0.2) is 0 Å². The maximum atomic E-state index is 9.01. The summed E-state index contributed by atoms with van der Waals surface area (Å²) in [5.41, 5.74) is 3.83. The fourth-order valence-electron chi connectivity index (χ4n) is 2.41. The Kier molecular flexibility index (Phi) is 4.93. The summed E-state index contributed by atoms with van der Waals surface area (Å²) in [7, 11) is 2.15.